The van der Waals surface area contributed by atoms with Crippen molar-refractivity contribution in [1.82, 2.24) is 5.32 Å². The number of nitrogens with one attached hydrogen (secondary N) is 1. The van der Waals surface area contributed by atoms with Crippen LogP contribution in [0.3, 0.4) is 0 Å². The Kier molecular flexibility index (Phi) is 3.15. The van der Waals surface area contributed by atoms with Crippen LogP contribution in [-0.4, -0.2) is 11.9 Å². The molecule has 0 aromatic rings. The van der Waals surface area contributed by atoms with Crippen molar-refractivity contribution < 1.29 is 4.79 Å². The molecule has 3 heteroatoms. The van der Waals surface area contributed by atoms with E-state index in [0.29, 0.717) is 5.92 Å². The van der Waals surface area contributed by atoms with Crippen LogP contribution < -0.4 is 5.32 Å². The van der Waals surface area contributed by atoms with Gasteiger partial charge in [0.2, 0.25) is 5.91 Å². The van der Waals surface area contributed by atoms with Crippen molar-refractivity contribution >= 4 is 5.91 Å². The molecule has 14 heavy (non-hydrogen) atoms. The molecule has 2 unspecified atom stereocenters. The number of amides is 1. The zero-order valence-electron chi connectivity index (χ0n) is 9.13. The van der Waals surface area contributed by atoms with Crippen LogP contribution in [0.2, 0.25) is 0 Å². The van der Waals surface area contributed by atoms with Crippen molar-refractivity contribution in [2.24, 2.45) is 11.3 Å². The quantitative estimate of drug-likeness (QED) is 0.729. The lowest BCUT2D eigenvalue weighted by molar-refractivity contribution is -0.127. The van der Waals surface area contributed by atoms with Crippen molar-refractivity contribution in [3.63, 3.8) is 0 Å². The average molecular weight is 194 g/mol. The SMILES string of the molecule is CC1CCC(NC(=O)C(C)(C)C#N)C1. The summed E-state index contributed by atoms with van der Waals surface area (Å²) in [5, 5.41) is 11.7. The summed E-state index contributed by atoms with van der Waals surface area (Å²) in [6.45, 7) is 5.50. The third kappa shape index (κ3) is 2.47. The number of carbonyl (C=O) groups is 1. The van der Waals surface area contributed by atoms with Gasteiger partial charge in [0.25, 0.3) is 0 Å². The van der Waals surface area contributed by atoms with Crippen molar-refractivity contribution in [3.8, 4) is 6.07 Å². The number of nitrogens with zero attached hydrogens (tertiary/aromatic N) is 1. The highest BCUT2D eigenvalue weighted by molar-refractivity contribution is 5.84. The molecule has 3 nitrogen and oxygen atoms in total. The number of carbonyl (C=O) groups excluding carboxylic acids is 1. The van der Waals surface area contributed by atoms with E-state index in [1.54, 1.807) is 13.8 Å². The van der Waals surface area contributed by atoms with Crippen molar-refractivity contribution in [2.75, 3.05) is 0 Å². The molecule has 0 bridgehead atoms. The van der Waals surface area contributed by atoms with Gasteiger partial charge < -0.3 is 5.32 Å². The number of hydrogen-bond acceptors (Lipinski definition) is 2. The molecule has 78 valence electrons. The van der Waals surface area contributed by atoms with Gasteiger partial charge in [-0.25, -0.2) is 0 Å². The van der Waals surface area contributed by atoms with Crippen LogP contribution >= 0.6 is 0 Å². The Bertz CT molecular complexity index is 265. The molecule has 1 aliphatic carbocycles. The van der Waals surface area contributed by atoms with Gasteiger partial charge >= 0.3 is 0 Å². The highest BCUT2D eigenvalue weighted by Gasteiger charge is 2.31. The Balaban J connectivity index is 2.46. The van der Waals surface area contributed by atoms with Crippen molar-refractivity contribution in [2.45, 2.75) is 46.1 Å². The molecule has 0 aromatic heterocycles. The third-order valence-electron chi connectivity index (χ3n) is 2.88. The highest BCUT2D eigenvalue weighted by Crippen LogP contribution is 2.25. The molecule has 1 aliphatic rings. The first kappa shape index (κ1) is 11.0. The first-order valence-electron chi connectivity index (χ1n) is 5.18. The van der Waals surface area contributed by atoms with Gasteiger partial charge in [-0.1, -0.05) is 6.92 Å². The van der Waals surface area contributed by atoms with Crippen molar-refractivity contribution in [3.05, 3.63) is 0 Å². The summed E-state index contributed by atoms with van der Waals surface area (Å²) in [7, 11) is 0. The Hall–Kier alpha value is -1.04. The van der Waals surface area contributed by atoms with E-state index in [9.17, 15) is 4.79 Å². The molecule has 0 heterocycles. The van der Waals surface area contributed by atoms with E-state index < -0.39 is 5.41 Å². The van der Waals surface area contributed by atoms with Crippen LogP contribution in [0.15, 0.2) is 0 Å². The van der Waals surface area contributed by atoms with Gasteiger partial charge in [-0.2, -0.15) is 5.26 Å². The topological polar surface area (TPSA) is 52.9 Å². The molecule has 1 N–H and O–H groups in total. The standard InChI is InChI=1S/C11H18N2O/c1-8-4-5-9(6-8)13-10(14)11(2,3)7-12/h8-9H,4-6H2,1-3H3,(H,13,14). The third-order valence-corrected chi connectivity index (χ3v) is 2.88. The molecule has 2 atom stereocenters. The summed E-state index contributed by atoms with van der Waals surface area (Å²) in [5.41, 5.74) is -0.897. The van der Waals surface area contributed by atoms with E-state index in [1.165, 1.54) is 6.42 Å². The smallest absolute Gasteiger partial charge is 0.240 e. The van der Waals surface area contributed by atoms with Crippen LogP contribution in [-0.2, 0) is 4.79 Å². The van der Waals surface area contributed by atoms with E-state index in [1.807, 2.05) is 6.07 Å². The maximum absolute atomic E-state index is 11.6. The summed E-state index contributed by atoms with van der Waals surface area (Å²) < 4.78 is 0. The van der Waals surface area contributed by atoms with Gasteiger partial charge in [0.15, 0.2) is 0 Å². The van der Waals surface area contributed by atoms with Gasteiger partial charge in [-0.15, -0.1) is 0 Å². The molecular weight excluding hydrogens is 176 g/mol. The van der Waals surface area contributed by atoms with Crippen LogP contribution in [0.4, 0.5) is 0 Å². The molecule has 0 saturated heterocycles. The van der Waals surface area contributed by atoms with Gasteiger partial charge in [-0.3, -0.25) is 4.79 Å². The highest BCUT2D eigenvalue weighted by atomic mass is 16.2. The summed E-state index contributed by atoms with van der Waals surface area (Å²) in [4.78, 5) is 11.6. The minimum Gasteiger partial charge on any atom is -0.352 e. The van der Waals surface area contributed by atoms with E-state index in [4.69, 9.17) is 5.26 Å². The monoisotopic (exact) mass is 194 g/mol. The predicted octanol–water partition coefficient (Wildman–Crippen LogP) is 1.84. The van der Waals surface area contributed by atoms with Gasteiger partial charge in [0.1, 0.15) is 5.41 Å². The fourth-order valence-corrected chi connectivity index (χ4v) is 1.75. The second-order valence-electron chi connectivity index (χ2n) is 4.83. The minimum atomic E-state index is -0.897. The Morgan fingerprint density at radius 1 is 1.50 bits per heavy atom. The Morgan fingerprint density at radius 2 is 2.14 bits per heavy atom. The molecule has 1 saturated carbocycles. The second kappa shape index (κ2) is 4.00. The molecule has 0 radical (unpaired) electrons. The van der Waals surface area contributed by atoms with Crippen molar-refractivity contribution in [1.29, 1.82) is 5.26 Å². The second-order valence-corrected chi connectivity index (χ2v) is 4.83. The zero-order chi connectivity index (χ0) is 10.8. The molecule has 0 aliphatic heterocycles. The fourth-order valence-electron chi connectivity index (χ4n) is 1.75. The largest absolute Gasteiger partial charge is 0.352 e. The van der Waals surface area contributed by atoms with Crippen LogP contribution in [0.25, 0.3) is 0 Å². The molecule has 0 aromatic carbocycles. The lowest BCUT2D eigenvalue weighted by Crippen LogP contribution is -2.41. The lowest BCUT2D eigenvalue weighted by atomic mass is 9.94. The maximum Gasteiger partial charge on any atom is 0.240 e. The summed E-state index contributed by atoms with van der Waals surface area (Å²) in [5.74, 6) is 0.560. The van der Waals surface area contributed by atoms with Gasteiger partial charge in [0, 0.05) is 6.04 Å². The number of nitriles is 1. The number of rotatable bonds is 2. The van der Waals surface area contributed by atoms with Crippen LogP contribution in [0.5, 0.6) is 0 Å². The van der Waals surface area contributed by atoms with E-state index >= 15 is 0 Å². The Morgan fingerprint density at radius 3 is 2.57 bits per heavy atom. The van der Waals surface area contributed by atoms with E-state index in [2.05, 4.69) is 12.2 Å². The van der Waals surface area contributed by atoms with Crippen LogP contribution in [0, 0.1) is 22.7 Å². The Labute approximate surface area is 85.5 Å². The summed E-state index contributed by atoms with van der Waals surface area (Å²) in [6, 6.07) is 2.30. The molecule has 0 spiro atoms. The zero-order valence-corrected chi connectivity index (χ0v) is 9.13. The summed E-state index contributed by atoms with van der Waals surface area (Å²) >= 11 is 0. The van der Waals surface area contributed by atoms with E-state index in [0.717, 1.165) is 12.8 Å². The van der Waals surface area contributed by atoms with Crippen LogP contribution in [0.1, 0.15) is 40.0 Å². The van der Waals surface area contributed by atoms with E-state index in [-0.39, 0.29) is 11.9 Å². The normalized spacial score (nSPS) is 27.0. The maximum atomic E-state index is 11.6. The summed E-state index contributed by atoms with van der Waals surface area (Å²) in [6.07, 6.45) is 3.28. The molecular formula is C11H18N2O. The van der Waals surface area contributed by atoms with Gasteiger partial charge in [-0.05, 0) is 39.0 Å². The first-order chi connectivity index (χ1) is 6.45. The van der Waals surface area contributed by atoms with Gasteiger partial charge in [0.05, 0.1) is 6.07 Å². The lowest BCUT2D eigenvalue weighted by Gasteiger charge is -2.19. The minimum absolute atomic E-state index is 0.140. The predicted molar refractivity (Wildman–Crippen MR) is 54.3 cm³/mol. The average Bonchev–Trinajstić information content (AvgIpc) is 2.51. The molecule has 1 amide bonds. The first-order valence-corrected chi connectivity index (χ1v) is 5.18. The molecule has 1 rings (SSSR count). The molecule has 1 fully saturated rings. The number of hydrogen-bond donors (Lipinski definition) is 1. The fraction of sp³-hybridized carbons (Fsp3) is 0.818.